The van der Waals surface area contributed by atoms with E-state index in [4.69, 9.17) is 5.73 Å². The van der Waals surface area contributed by atoms with Gasteiger partial charge in [-0.05, 0) is 32.6 Å². The fourth-order valence-corrected chi connectivity index (χ4v) is 1.99. The van der Waals surface area contributed by atoms with Crippen molar-refractivity contribution in [3.63, 3.8) is 0 Å². The van der Waals surface area contributed by atoms with Crippen LogP contribution in [0.5, 0.6) is 0 Å². The van der Waals surface area contributed by atoms with Crippen LogP contribution in [0, 0.1) is 0 Å². The number of hydrogen-bond donors (Lipinski definition) is 1. The van der Waals surface area contributed by atoms with Gasteiger partial charge in [-0.15, -0.1) is 24.8 Å². The number of halogens is 2. The maximum atomic E-state index is 5.70. The molecule has 1 atom stereocenters. The number of hydrogen-bond acceptors (Lipinski definition) is 2. The summed E-state index contributed by atoms with van der Waals surface area (Å²) in [5.74, 6) is 0. The van der Waals surface area contributed by atoms with E-state index in [1.165, 1.54) is 24.1 Å². The summed E-state index contributed by atoms with van der Waals surface area (Å²) in [6.45, 7) is 3.11. The molecular formula is C12H21Cl2N3. The highest BCUT2D eigenvalue weighted by molar-refractivity contribution is 5.85. The third kappa shape index (κ3) is 4.34. The van der Waals surface area contributed by atoms with Crippen molar-refractivity contribution in [3.8, 4) is 0 Å². The average Bonchev–Trinajstić information content (AvgIpc) is 2.62. The highest BCUT2D eigenvalue weighted by atomic mass is 35.5. The first-order valence-corrected chi connectivity index (χ1v) is 5.74. The van der Waals surface area contributed by atoms with Crippen molar-refractivity contribution in [2.75, 3.05) is 0 Å². The van der Waals surface area contributed by atoms with Gasteiger partial charge in [0.05, 0.1) is 6.20 Å². The van der Waals surface area contributed by atoms with E-state index < -0.39 is 0 Å². The summed E-state index contributed by atoms with van der Waals surface area (Å²) in [7, 11) is 0. The lowest BCUT2D eigenvalue weighted by Gasteiger charge is -2.13. The lowest BCUT2D eigenvalue weighted by Crippen LogP contribution is -2.12. The lowest BCUT2D eigenvalue weighted by molar-refractivity contribution is 0.486. The summed E-state index contributed by atoms with van der Waals surface area (Å²) in [5, 5.41) is 4.39. The number of nitrogens with two attached hydrogens (primary N) is 1. The Bertz CT molecular complexity index is 359. The molecule has 5 heteroatoms. The zero-order valence-corrected chi connectivity index (χ0v) is 11.8. The van der Waals surface area contributed by atoms with Gasteiger partial charge < -0.3 is 5.73 Å². The van der Waals surface area contributed by atoms with Crippen LogP contribution in [0.1, 0.15) is 37.4 Å². The summed E-state index contributed by atoms with van der Waals surface area (Å²) in [4.78, 5) is 0. The number of fused-ring (bicyclic) bond motifs is 1. The molecule has 0 amide bonds. The van der Waals surface area contributed by atoms with Crippen LogP contribution in [0.3, 0.4) is 0 Å². The van der Waals surface area contributed by atoms with Gasteiger partial charge in [0, 0.05) is 23.8 Å². The van der Waals surface area contributed by atoms with Crippen molar-refractivity contribution >= 4 is 30.9 Å². The van der Waals surface area contributed by atoms with Crippen molar-refractivity contribution in [2.45, 2.75) is 45.2 Å². The third-order valence-corrected chi connectivity index (χ3v) is 2.82. The van der Waals surface area contributed by atoms with Gasteiger partial charge in [0.1, 0.15) is 0 Å². The molecule has 3 nitrogen and oxygen atoms in total. The Hall–Kier alpha value is -0.510. The quantitative estimate of drug-likeness (QED) is 0.924. The Morgan fingerprint density at radius 1 is 1.47 bits per heavy atom. The SMILES string of the molecule is C[C@H](N)C/C=C/c1cnn2c1CCCC2.Cl.Cl. The van der Waals surface area contributed by atoms with Crippen LogP contribution in [0.4, 0.5) is 0 Å². The molecule has 2 rings (SSSR count). The fraction of sp³-hybridized carbons (Fsp3) is 0.583. The van der Waals surface area contributed by atoms with Gasteiger partial charge >= 0.3 is 0 Å². The van der Waals surface area contributed by atoms with E-state index in [-0.39, 0.29) is 30.9 Å². The predicted octanol–water partition coefficient (Wildman–Crippen LogP) is 2.81. The monoisotopic (exact) mass is 277 g/mol. The lowest BCUT2D eigenvalue weighted by atomic mass is 10.1. The van der Waals surface area contributed by atoms with Crippen LogP contribution in [0.15, 0.2) is 12.3 Å². The topological polar surface area (TPSA) is 43.8 Å². The van der Waals surface area contributed by atoms with Crippen LogP contribution >= 0.6 is 24.8 Å². The van der Waals surface area contributed by atoms with E-state index in [1.54, 1.807) is 0 Å². The Kier molecular flexibility index (Phi) is 7.51. The third-order valence-electron chi connectivity index (χ3n) is 2.82. The van der Waals surface area contributed by atoms with Crippen LogP contribution in [0.2, 0.25) is 0 Å². The molecule has 0 saturated carbocycles. The van der Waals surface area contributed by atoms with Gasteiger partial charge in [-0.3, -0.25) is 4.68 Å². The minimum absolute atomic E-state index is 0. The van der Waals surface area contributed by atoms with Crippen LogP contribution < -0.4 is 5.73 Å². The molecule has 1 aromatic rings. The highest BCUT2D eigenvalue weighted by Crippen LogP contribution is 2.19. The van der Waals surface area contributed by atoms with Gasteiger partial charge in [0.15, 0.2) is 0 Å². The molecule has 2 heterocycles. The molecule has 17 heavy (non-hydrogen) atoms. The van der Waals surface area contributed by atoms with E-state index in [1.807, 2.05) is 13.1 Å². The van der Waals surface area contributed by atoms with Crippen molar-refractivity contribution < 1.29 is 0 Å². The van der Waals surface area contributed by atoms with Crippen LogP contribution in [0.25, 0.3) is 6.08 Å². The maximum absolute atomic E-state index is 5.70. The van der Waals surface area contributed by atoms with E-state index in [9.17, 15) is 0 Å². The molecule has 2 N–H and O–H groups in total. The standard InChI is InChI=1S/C12H19N3.2ClH/c1-10(13)5-4-6-11-9-14-15-8-3-2-7-12(11)15;;/h4,6,9-10H,2-3,5,7-8,13H2,1H3;2*1H/b6-4+;;/t10-;;/m0../s1. The molecule has 0 aromatic carbocycles. The van der Waals surface area contributed by atoms with Crippen molar-refractivity contribution in [2.24, 2.45) is 5.73 Å². The second-order valence-corrected chi connectivity index (χ2v) is 4.34. The molecule has 0 spiro atoms. The fourth-order valence-electron chi connectivity index (χ4n) is 1.99. The van der Waals surface area contributed by atoms with Gasteiger partial charge in [-0.1, -0.05) is 12.2 Å². The molecule has 98 valence electrons. The molecule has 1 aliphatic rings. The second-order valence-electron chi connectivity index (χ2n) is 4.34. The second kappa shape index (κ2) is 7.75. The summed E-state index contributed by atoms with van der Waals surface area (Å²) in [6, 6.07) is 0.243. The largest absolute Gasteiger partial charge is 0.328 e. The average molecular weight is 278 g/mol. The molecule has 0 fully saturated rings. The van der Waals surface area contributed by atoms with E-state index in [2.05, 4.69) is 21.9 Å². The first-order valence-electron chi connectivity index (χ1n) is 5.74. The number of aryl methyl sites for hydroxylation is 1. The minimum Gasteiger partial charge on any atom is -0.328 e. The van der Waals surface area contributed by atoms with Gasteiger partial charge in [-0.25, -0.2) is 0 Å². The first kappa shape index (κ1) is 16.5. The van der Waals surface area contributed by atoms with E-state index in [0.717, 1.165) is 19.4 Å². The van der Waals surface area contributed by atoms with E-state index in [0.29, 0.717) is 0 Å². The zero-order valence-electron chi connectivity index (χ0n) is 10.1. The highest BCUT2D eigenvalue weighted by Gasteiger charge is 2.12. The normalized spacial score (nSPS) is 15.9. The van der Waals surface area contributed by atoms with Crippen molar-refractivity contribution in [3.05, 3.63) is 23.5 Å². The van der Waals surface area contributed by atoms with Gasteiger partial charge in [0.2, 0.25) is 0 Å². The smallest absolute Gasteiger partial charge is 0.0565 e. The van der Waals surface area contributed by atoms with Crippen LogP contribution in [-0.4, -0.2) is 15.8 Å². The molecular weight excluding hydrogens is 257 g/mol. The van der Waals surface area contributed by atoms with Gasteiger partial charge in [-0.2, -0.15) is 5.10 Å². The maximum Gasteiger partial charge on any atom is 0.0565 e. The van der Waals surface area contributed by atoms with Crippen molar-refractivity contribution in [1.29, 1.82) is 0 Å². The molecule has 0 saturated heterocycles. The first-order chi connectivity index (χ1) is 7.27. The van der Waals surface area contributed by atoms with Gasteiger partial charge in [0.25, 0.3) is 0 Å². The zero-order chi connectivity index (χ0) is 10.7. The minimum atomic E-state index is 0. The van der Waals surface area contributed by atoms with Crippen LogP contribution in [-0.2, 0) is 13.0 Å². The Labute approximate surface area is 115 Å². The number of nitrogens with zero attached hydrogens (tertiary/aromatic N) is 2. The molecule has 0 radical (unpaired) electrons. The summed E-state index contributed by atoms with van der Waals surface area (Å²) in [6.07, 6.45) is 10.9. The summed E-state index contributed by atoms with van der Waals surface area (Å²) >= 11 is 0. The predicted molar refractivity (Wildman–Crippen MR) is 77.0 cm³/mol. The molecule has 0 bridgehead atoms. The Balaban J connectivity index is 0.00000128. The number of rotatable bonds is 3. The Morgan fingerprint density at radius 2 is 2.24 bits per heavy atom. The Morgan fingerprint density at radius 3 is 2.94 bits per heavy atom. The molecule has 0 aliphatic carbocycles. The molecule has 0 unspecified atom stereocenters. The van der Waals surface area contributed by atoms with Crippen molar-refractivity contribution in [1.82, 2.24) is 9.78 Å². The summed E-state index contributed by atoms with van der Waals surface area (Å²) < 4.78 is 2.13. The van der Waals surface area contributed by atoms with E-state index >= 15 is 0 Å². The number of aromatic nitrogens is 2. The summed E-state index contributed by atoms with van der Waals surface area (Å²) in [5.41, 5.74) is 8.36. The molecule has 1 aliphatic heterocycles. The molecule has 1 aromatic heterocycles.